The molecule has 1 unspecified atom stereocenters. The lowest BCUT2D eigenvalue weighted by atomic mass is 10.0. The van der Waals surface area contributed by atoms with E-state index in [1.165, 1.54) is 0 Å². The zero-order valence-corrected chi connectivity index (χ0v) is 34.9. The maximum atomic E-state index is 13.7. The highest BCUT2D eigenvalue weighted by molar-refractivity contribution is 5.87. The van der Waals surface area contributed by atoms with Crippen molar-refractivity contribution in [3.05, 3.63) is 72.6 Å². The highest BCUT2D eigenvalue weighted by Gasteiger charge is 2.39. The van der Waals surface area contributed by atoms with Crippen LogP contribution >= 0.6 is 0 Å². The van der Waals surface area contributed by atoms with E-state index in [2.05, 4.69) is 69.1 Å². The Labute approximate surface area is 340 Å². The number of aromatic amines is 2. The van der Waals surface area contributed by atoms with Crippen LogP contribution in [0.2, 0.25) is 0 Å². The SMILES string of the molecule is CC(C)OC(=O)N[C@H](C(=O)N1CCCC1c1ncc(-c2ccc(-c3ccc(-c4cnc([C@@H]5CCCN5C(=O)[C@@H](NC(=O)OC(C)C)C(C)C)[nH]4)cc3)cc2)[nH]1)C(C)C. The molecule has 58 heavy (non-hydrogen) atoms. The number of imidazole rings is 2. The van der Waals surface area contributed by atoms with Gasteiger partial charge in [-0.3, -0.25) is 9.59 Å². The molecule has 4 amide bonds. The van der Waals surface area contributed by atoms with E-state index in [1.54, 1.807) is 40.1 Å². The number of rotatable bonds is 13. The molecule has 0 bridgehead atoms. The first kappa shape index (κ1) is 42.0. The molecule has 0 radical (unpaired) electrons. The van der Waals surface area contributed by atoms with Gasteiger partial charge in [-0.25, -0.2) is 19.6 Å². The summed E-state index contributed by atoms with van der Waals surface area (Å²) in [6, 6.07) is 14.7. The van der Waals surface area contributed by atoms with Crippen molar-refractivity contribution in [2.24, 2.45) is 11.8 Å². The molecule has 4 atom stereocenters. The predicted molar refractivity (Wildman–Crippen MR) is 221 cm³/mol. The number of nitrogens with zero attached hydrogens (tertiary/aromatic N) is 4. The van der Waals surface area contributed by atoms with Crippen LogP contribution in [0.1, 0.15) is 105 Å². The van der Waals surface area contributed by atoms with E-state index in [0.29, 0.717) is 13.1 Å². The summed E-state index contributed by atoms with van der Waals surface area (Å²) in [4.78, 5) is 72.1. The first-order valence-electron chi connectivity index (χ1n) is 20.6. The van der Waals surface area contributed by atoms with E-state index in [4.69, 9.17) is 19.4 Å². The monoisotopic (exact) mass is 794 g/mol. The molecule has 14 heteroatoms. The van der Waals surface area contributed by atoms with Crippen LogP contribution in [-0.2, 0) is 19.1 Å². The zero-order valence-electron chi connectivity index (χ0n) is 34.9. The van der Waals surface area contributed by atoms with Crippen molar-refractivity contribution in [3.8, 4) is 33.6 Å². The third kappa shape index (κ3) is 9.71. The van der Waals surface area contributed by atoms with Crippen LogP contribution in [0.15, 0.2) is 60.9 Å². The van der Waals surface area contributed by atoms with Crippen LogP contribution < -0.4 is 10.6 Å². The van der Waals surface area contributed by atoms with Crippen molar-refractivity contribution in [1.29, 1.82) is 0 Å². The maximum absolute atomic E-state index is 13.7. The number of carbonyl (C=O) groups is 4. The number of carbonyl (C=O) groups excluding carboxylic acids is 4. The Morgan fingerprint density at radius 1 is 0.586 bits per heavy atom. The Morgan fingerprint density at radius 2 is 0.931 bits per heavy atom. The molecule has 2 fully saturated rings. The van der Waals surface area contributed by atoms with Gasteiger partial charge in [0.15, 0.2) is 0 Å². The molecular formula is C44H58N8O6. The number of likely N-dealkylation sites (tertiary alicyclic amines) is 2. The molecule has 14 nitrogen and oxygen atoms in total. The summed E-state index contributed by atoms with van der Waals surface area (Å²) in [5.41, 5.74) is 5.78. The summed E-state index contributed by atoms with van der Waals surface area (Å²) in [7, 11) is 0. The van der Waals surface area contributed by atoms with Gasteiger partial charge in [-0.2, -0.15) is 0 Å². The smallest absolute Gasteiger partial charge is 0.408 e. The molecule has 6 rings (SSSR count). The molecule has 4 aromatic rings. The average molecular weight is 795 g/mol. The Morgan fingerprint density at radius 3 is 1.26 bits per heavy atom. The summed E-state index contributed by atoms with van der Waals surface area (Å²) in [6.45, 7) is 15.9. The molecular weight excluding hydrogens is 737 g/mol. The number of H-pyrrole nitrogens is 2. The molecule has 2 aliphatic heterocycles. The third-order valence-corrected chi connectivity index (χ3v) is 10.7. The third-order valence-electron chi connectivity index (χ3n) is 10.7. The lowest BCUT2D eigenvalue weighted by Crippen LogP contribution is -2.51. The van der Waals surface area contributed by atoms with Crippen LogP contribution in [0.5, 0.6) is 0 Å². The normalized spacial score (nSPS) is 17.9. The molecule has 0 spiro atoms. The van der Waals surface area contributed by atoms with Gasteiger partial charge >= 0.3 is 12.2 Å². The highest BCUT2D eigenvalue weighted by atomic mass is 16.6. The number of nitrogens with one attached hydrogen (secondary N) is 4. The van der Waals surface area contributed by atoms with Gasteiger partial charge in [0.05, 0.1) is 48.1 Å². The van der Waals surface area contributed by atoms with Gasteiger partial charge in [0.25, 0.3) is 0 Å². The molecule has 0 saturated carbocycles. The Hall–Kier alpha value is -5.66. The molecule has 2 aliphatic rings. The average Bonchev–Trinajstić information content (AvgIpc) is 4.01. The quantitative estimate of drug-likeness (QED) is 0.106. The number of alkyl carbamates (subject to hydrolysis) is 2. The molecule has 2 aromatic carbocycles. The lowest BCUT2D eigenvalue weighted by Gasteiger charge is -2.30. The second-order valence-electron chi connectivity index (χ2n) is 16.5. The summed E-state index contributed by atoms with van der Waals surface area (Å²) >= 11 is 0. The van der Waals surface area contributed by atoms with E-state index in [9.17, 15) is 19.2 Å². The fourth-order valence-electron chi connectivity index (χ4n) is 7.75. The van der Waals surface area contributed by atoms with Gasteiger partial charge in [-0.15, -0.1) is 0 Å². The van der Waals surface area contributed by atoms with Crippen molar-refractivity contribution in [2.45, 2.75) is 117 Å². The van der Waals surface area contributed by atoms with Gasteiger partial charge in [0, 0.05) is 13.1 Å². The van der Waals surface area contributed by atoms with Crippen LogP contribution in [0.3, 0.4) is 0 Å². The Bertz CT molecular complexity index is 1890. The molecule has 4 N–H and O–H groups in total. The fourth-order valence-corrected chi connectivity index (χ4v) is 7.75. The Kier molecular flexibility index (Phi) is 13.2. The van der Waals surface area contributed by atoms with Crippen LogP contribution in [-0.4, -0.2) is 91.1 Å². The first-order valence-corrected chi connectivity index (χ1v) is 20.6. The number of ether oxygens (including phenoxy) is 2. The van der Waals surface area contributed by atoms with Gasteiger partial charge in [0.2, 0.25) is 11.8 Å². The molecule has 0 aliphatic carbocycles. The van der Waals surface area contributed by atoms with E-state index in [-0.39, 0.29) is 47.9 Å². The van der Waals surface area contributed by atoms with E-state index < -0.39 is 24.3 Å². The minimum absolute atomic E-state index is 0.114. The predicted octanol–water partition coefficient (Wildman–Crippen LogP) is 7.78. The number of benzene rings is 2. The molecule has 310 valence electrons. The summed E-state index contributed by atoms with van der Waals surface area (Å²) in [6.07, 6.45) is 5.11. The minimum atomic E-state index is -0.698. The zero-order chi connectivity index (χ0) is 41.7. The van der Waals surface area contributed by atoms with Gasteiger partial charge in [-0.05, 0) is 87.5 Å². The summed E-state index contributed by atoms with van der Waals surface area (Å²) < 4.78 is 10.5. The summed E-state index contributed by atoms with van der Waals surface area (Å²) in [5.74, 6) is 0.950. The number of hydrogen-bond acceptors (Lipinski definition) is 8. The first-order chi connectivity index (χ1) is 27.7. The van der Waals surface area contributed by atoms with Gasteiger partial charge in [0.1, 0.15) is 23.7 Å². The van der Waals surface area contributed by atoms with Crippen LogP contribution in [0.4, 0.5) is 9.59 Å². The largest absolute Gasteiger partial charge is 0.447 e. The van der Waals surface area contributed by atoms with Crippen LogP contribution in [0, 0.1) is 11.8 Å². The standard InChI is InChI=1S/C44H58N8O6/c1-25(2)37(49-43(55)57-27(5)6)41(53)51-21-9-11-35(51)39-45-23-33(47-39)31-17-13-29(14-18-31)30-15-19-32(20-16-30)34-24-46-40(48-34)36-12-10-22-52(36)42(54)38(26(3)4)50-44(56)58-28(7)8/h13-20,23-28,35-38H,9-12,21-22H2,1-8H3,(H,45,47)(H,46,48)(H,49,55)(H,50,56)/t35-,36?,37-,38-/m0/s1. The lowest BCUT2D eigenvalue weighted by molar-refractivity contribution is -0.136. The number of aromatic nitrogens is 4. The van der Waals surface area contributed by atoms with E-state index >= 15 is 0 Å². The van der Waals surface area contributed by atoms with Crippen molar-refractivity contribution in [2.75, 3.05) is 13.1 Å². The maximum Gasteiger partial charge on any atom is 0.408 e. The number of amides is 4. The van der Waals surface area contributed by atoms with Gasteiger partial charge in [-0.1, -0.05) is 76.2 Å². The highest BCUT2D eigenvalue weighted by Crippen LogP contribution is 2.35. The minimum Gasteiger partial charge on any atom is -0.447 e. The fraction of sp³-hybridized carbons (Fsp3) is 0.500. The summed E-state index contributed by atoms with van der Waals surface area (Å²) in [5, 5.41) is 5.55. The molecule has 4 heterocycles. The second-order valence-corrected chi connectivity index (χ2v) is 16.5. The second kappa shape index (κ2) is 18.3. The van der Waals surface area contributed by atoms with Crippen molar-refractivity contribution in [1.82, 2.24) is 40.4 Å². The van der Waals surface area contributed by atoms with E-state index in [0.717, 1.165) is 71.0 Å². The van der Waals surface area contributed by atoms with Crippen molar-refractivity contribution < 1.29 is 28.7 Å². The van der Waals surface area contributed by atoms with E-state index in [1.807, 2.05) is 37.5 Å². The molecule has 2 aromatic heterocycles. The van der Waals surface area contributed by atoms with Gasteiger partial charge < -0.3 is 39.9 Å². The van der Waals surface area contributed by atoms with Crippen molar-refractivity contribution in [3.63, 3.8) is 0 Å². The topological polar surface area (TPSA) is 175 Å². The number of hydrogen-bond donors (Lipinski definition) is 4. The molecule has 2 saturated heterocycles. The van der Waals surface area contributed by atoms with Crippen molar-refractivity contribution >= 4 is 24.0 Å². The Balaban J connectivity index is 1.09. The van der Waals surface area contributed by atoms with Crippen LogP contribution in [0.25, 0.3) is 33.6 Å².